The van der Waals surface area contributed by atoms with Gasteiger partial charge in [-0.05, 0) is 50.2 Å². The van der Waals surface area contributed by atoms with Crippen LogP contribution in [0.5, 0.6) is 0 Å². The number of carbonyl (C=O) groups excluding carboxylic acids is 1. The van der Waals surface area contributed by atoms with Crippen LogP contribution in [0.15, 0.2) is 36.4 Å². The highest BCUT2D eigenvalue weighted by atomic mass is 32.2. The van der Waals surface area contributed by atoms with Gasteiger partial charge in [0.2, 0.25) is 15.9 Å². The van der Waals surface area contributed by atoms with Crippen LogP contribution in [0, 0.1) is 28.8 Å². The van der Waals surface area contributed by atoms with Crippen LogP contribution in [-0.2, 0) is 21.2 Å². The highest BCUT2D eigenvalue weighted by Crippen LogP contribution is 2.65. The van der Waals surface area contributed by atoms with E-state index in [2.05, 4.69) is 4.72 Å². The molecule has 0 radical (unpaired) electrons. The molecule has 3 saturated carbocycles. The average Bonchev–Trinajstić information content (AvgIpc) is 3.04. The molecule has 1 N–H and O–H groups in total. The lowest BCUT2D eigenvalue weighted by atomic mass is 9.44. The van der Waals surface area contributed by atoms with E-state index in [1.54, 1.807) is 0 Å². The van der Waals surface area contributed by atoms with E-state index < -0.39 is 51.1 Å². The molecule has 1 amide bonds. The molecule has 3 aliphatic carbocycles. The molecule has 0 spiro atoms. The molecule has 2 bridgehead atoms. The molecule has 6 rings (SSSR count). The Kier molecular flexibility index (Phi) is 5.95. The first-order valence-corrected chi connectivity index (χ1v) is 13.4. The third-order valence-corrected chi connectivity index (χ3v) is 9.16. The minimum absolute atomic E-state index is 0.0568. The third kappa shape index (κ3) is 4.04. The zero-order chi connectivity index (χ0) is 25.1. The maximum atomic E-state index is 15.6. The second-order valence-corrected chi connectivity index (χ2v) is 12.0. The van der Waals surface area contributed by atoms with Crippen LogP contribution in [0.1, 0.15) is 31.7 Å². The highest BCUT2D eigenvalue weighted by Gasteiger charge is 2.64. The first-order chi connectivity index (χ1) is 16.5. The van der Waals surface area contributed by atoms with Gasteiger partial charge in [-0.1, -0.05) is 30.3 Å². The number of halogens is 4. The predicted molar refractivity (Wildman–Crippen MR) is 122 cm³/mol. The van der Waals surface area contributed by atoms with Crippen molar-refractivity contribution >= 4 is 15.9 Å². The summed E-state index contributed by atoms with van der Waals surface area (Å²) in [6.45, 7) is 1.13. The van der Waals surface area contributed by atoms with Crippen LogP contribution in [0.25, 0.3) is 11.1 Å². The Labute approximate surface area is 201 Å². The molecule has 188 valence electrons. The number of amides is 1. The van der Waals surface area contributed by atoms with Crippen molar-refractivity contribution in [1.29, 1.82) is 0 Å². The van der Waals surface area contributed by atoms with E-state index in [9.17, 15) is 22.0 Å². The van der Waals surface area contributed by atoms with Gasteiger partial charge in [0.05, 0.1) is 29.8 Å². The zero-order valence-corrected chi connectivity index (χ0v) is 19.9. The number of hydrogen-bond acceptors (Lipinski definition) is 3. The normalized spacial score (nSPS) is 29.6. The third-order valence-electron chi connectivity index (χ3n) is 7.77. The van der Waals surface area contributed by atoms with E-state index in [1.165, 1.54) is 42.2 Å². The van der Waals surface area contributed by atoms with Crippen molar-refractivity contribution in [3.63, 3.8) is 0 Å². The smallest absolute Gasteiger partial charge is 0.229 e. The number of rotatable bonds is 7. The Hall–Kier alpha value is -2.46. The molecular weight excluding hydrogens is 484 g/mol. The lowest BCUT2D eigenvalue weighted by Crippen LogP contribution is -2.62. The minimum atomic E-state index is -3.81. The molecule has 3 atom stereocenters. The Balaban J connectivity index is 1.50. The van der Waals surface area contributed by atoms with Crippen LogP contribution >= 0.6 is 0 Å². The summed E-state index contributed by atoms with van der Waals surface area (Å²) in [6, 6.07) is 5.45. The van der Waals surface area contributed by atoms with Gasteiger partial charge in [-0.25, -0.2) is 30.7 Å². The van der Waals surface area contributed by atoms with Gasteiger partial charge in [0.1, 0.15) is 12.0 Å². The minimum Gasteiger partial charge on any atom is -0.334 e. The van der Waals surface area contributed by atoms with Crippen LogP contribution < -0.4 is 4.72 Å². The van der Waals surface area contributed by atoms with Crippen molar-refractivity contribution in [2.24, 2.45) is 11.3 Å². The van der Waals surface area contributed by atoms with Crippen molar-refractivity contribution in [1.82, 2.24) is 9.62 Å². The molecule has 0 unspecified atom stereocenters. The van der Waals surface area contributed by atoms with Crippen LogP contribution in [0.3, 0.4) is 0 Å². The van der Waals surface area contributed by atoms with Crippen molar-refractivity contribution < 1.29 is 30.8 Å². The van der Waals surface area contributed by atoms with Gasteiger partial charge in [-0.2, -0.15) is 0 Å². The summed E-state index contributed by atoms with van der Waals surface area (Å²) in [7, 11) is -3.81. The zero-order valence-electron chi connectivity index (χ0n) is 19.1. The monoisotopic (exact) mass is 510 g/mol. The summed E-state index contributed by atoms with van der Waals surface area (Å²) in [6.07, 6.45) is 0.365. The molecule has 35 heavy (non-hydrogen) atoms. The standard InChI is InChI=1S/C25H26F4N2O3S/c1-2-35(33,34)30-23-19(27)13-31(24(32)25-10-14(11-25)12-25)20(23)9-15-5-3-6-16(21(15)28)17-7-4-8-18(26)22(17)29/h3-8,14,19-20,23,30H,2,9-13H2,1H3/t14?,19-,20-,23-,25?/m0/s1. The van der Waals surface area contributed by atoms with E-state index >= 15 is 8.78 Å². The highest BCUT2D eigenvalue weighted by molar-refractivity contribution is 7.89. The Morgan fingerprint density at radius 1 is 1.06 bits per heavy atom. The van der Waals surface area contributed by atoms with E-state index in [0.717, 1.165) is 25.3 Å². The van der Waals surface area contributed by atoms with Gasteiger partial charge in [0.15, 0.2) is 11.6 Å². The molecule has 2 aromatic rings. The van der Waals surface area contributed by atoms with Crippen LogP contribution in [-0.4, -0.2) is 49.8 Å². The summed E-state index contributed by atoms with van der Waals surface area (Å²) < 4.78 is 85.8. The van der Waals surface area contributed by atoms with Crippen molar-refractivity contribution in [3.05, 3.63) is 59.4 Å². The summed E-state index contributed by atoms with van der Waals surface area (Å²) in [5.74, 6) is -3.13. The molecule has 1 aliphatic heterocycles. The summed E-state index contributed by atoms with van der Waals surface area (Å²) in [5, 5.41) is 0. The van der Waals surface area contributed by atoms with Gasteiger partial charge < -0.3 is 4.90 Å². The average molecular weight is 511 g/mol. The number of nitrogens with one attached hydrogen (secondary N) is 1. The number of likely N-dealkylation sites (tertiary alicyclic amines) is 1. The second kappa shape index (κ2) is 8.58. The SMILES string of the molecule is CCS(=O)(=O)N[C@H]1[C@@H](F)CN(C(=O)C23CC(C2)C3)[C@H]1Cc1cccc(-c2cccc(F)c2F)c1F. The number of benzene rings is 2. The Morgan fingerprint density at radius 2 is 1.69 bits per heavy atom. The molecule has 10 heteroatoms. The molecule has 1 saturated heterocycles. The summed E-state index contributed by atoms with van der Waals surface area (Å²) in [4.78, 5) is 14.7. The summed E-state index contributed by atoms with van der Waals surface area (Å²) >= 11 is 0. The van der Waals surface area contributed by atoms with Crippen molar-refractivity contribution in [2.45, 2.75) is 50.9 Å². The first kappa shape index (κ1) is 24.2. The Morgan fingerprint density at radius 3 is 2.29 bits per heavy atom. The van der Waals surface area contributed by atoms with Crippen LogP contribution in [0.2, 0.25) is 0 Å². The molecule has 5 nitrogen and oxygen atoms in total. The number of sulfonamides is 1. The van der Waals surface area contributed by atoms with E-state index in [0.29, 0.717) is 5.92 Å². The number of hydrogen-bond donors (Lipinski definition) is 1. The molecule has 4 fully saturated rings. The first-order valence-electron chi connectivity index (χ1n) is 11.7. The van der Waals surface area contributed by atoms with Crippen molar-refractivity contribution in [3.8, 4) is 11.1 Å². The van der Waals surface area contributed by atoms with Gasteiger partial charge in [-0.3, -0.25) is 4.79 Å². The molecule has 0 aromatic heterocycles. The van der Waals surface area contributed by atoms with E-state index in [4.69, 9.17) is 0 Å². The van der Waals surface area contributed by atoms with Gasteiger partial charge in [0, 0.05) is 11.1 Å². The van der Waals surface area contributed by atoms with E-state index in [1.807, 2.05) is 0 Å². The van der Waals surface area contributed by atoms with E-state index in [-0.39, 0.29) is 41.3 Å². The summed E-state index contributed by atoms with van der Waals surface area (Å²) in [5.41, 5.74) is -0.894. The fourth-order valence-corrected chi connectivity index (χ4v) is 6.60. The number of nitrogens with zero attached hydrogens (tertiary/aromatic N) is 1. The Bertz CT molecular complexity index is 1270. The molecule has 2 aromatic carbocycles. The lowest BCUT2D eigenvalue weighted by Gasteiger charge is -2.61. The fourth-order valence-electron chi connectivity index (χ4n) is 5.71. The second-order valence-electron chi connectivity index (χ2n) is 9.93. The van der Waals surface area contributed by atoms with Crippen molar-refractivity contribution in [2.75, 3.05) is 12.3 Å². The van der Waals surface area contributed by atoms with Gasteiger partial charge in [-0.15, -0.1) is 0 Å². The number of carbonyl (C=O) groups is 1. The van der Waals surface area contributed by atoms with Gasteiger partial charge in [0.25, 0.3) is 0 Å². The molecular formula is C25H26F4N2O3S. The largest absolute Gasteiger partial charge is 0.334 e. The van der Waals surface area contributed by atoms with Gasteiger partial charge >= 0.3 is 0 Å². The molecule has 4 aliphatic rings. The molecule has 1 heterocycles. The van der Waals surface area contributed by atoms with Crippen LogP contribution in [0.4, 0.5) is 17.6 Å². The maximum Gasteiger partial charge on any atom is 0.229 e. The maximum absolute atomic E-state index is 15.6. The predicted octanol–water partition coefficient (Wildman–Crippen LogP) is 3.97. The lowest BCUT2D eigenvalue weighted by molar-refractivity contribution is -0.178. The quantitative estimate of drug-likeness (QED) is 0.574. The fraction of sp³-hybridized carbons (Fsp3) is 0.480. The topological polar surface area (TPSA) is 66.5 Å². The number of alkyl halides is 1.